The Morgan fingerprint density at radius 1 is 1.19 bits per heavy atom. The zero-order chi connectivity index (χ0) is 22.7. The van der Waals surface area contributed by atoms with Crippen LogP contribution < -0.4 is 5.73 Å². The zero-order valence-corrected chi connectivity index (χ0v) is 19.0. The maximum absolute atomic E-state index is 13.5. The van der Waals surface area contributed by atoms with E-state index in [0.29, 0.717) is 51.3 Å². The zero-order valence-electron chi connectivity index (χ0n) is 18.2. The van der Waals surface area contributed by atoms with Crippen molar-refractivity contribution >= 4 is 21.8 Å². The monoisotopic (exact) mass is 465 g/mol. The van der Waals surface area contributed by atoms with Gasteiger partial charge >= 0.3 is 0 Å². The van der Waals surface area contributed by atoms with Crippen LogP contribution >= 0.6 is 0 Å². The molecule has 2 unspecified atom stereocenters. The maximum Gasteiger partial charge on any atom is 0.260 e. The summed E-state index contributed by atoms with van der Waals surface area (Å²) < 4.78 is 33.6. The quantitative estimate of drug-likeness (QED) is 0.638. The summed E-state index contributed by atoms with van der Waals surface area (Å²) in [5.41, 5.74) is 6.34. The molecular formula is C21H31N5O5S. The van der Waals surface area contributed by atoms with Gasteiger partial charge < -0.3 is 20.3 Å². The lowest BCUT2D eigenvalue weighted by Gasteiger charge is -2.44. The lowest BCUT2D eigenvalue weighted by Crippen LogP contribution is -2.58. The van der Waals surface area contributed by atoms with Crippen molar-refractivity contribution in [2.24, 2.45) is 11.7 Å². The number of carbonyl (C=O) groups excluding carboxylic acids is 2. The molecule has 4 rings (SSSR count). The third-order valence-electron chi connectivity index (χ3n) is 6.51. The number of nitrogens with two attached hydrogens (primary N) is 1. The number of aromatic nitrogens is 1. The fraction of sp³-hybridized carbons (Fsp3) is 0.667. The van der Waals surface area contributed by atoms with Crippen LogP contribution in [0.15, 0.2) is 23.4 Å². The second kappa shape index (κ2) is 9.82. The first-order chi connectivity index (χ1) is 15.4. The van der Waals surface area contributed by atoms with Crippen LogP contribution in [-0.4, -0.2) is 91.3 Å². The van der Waals surface area contributed by atoms with E-state index in [0.717, 1.165) is 12.8 Å². The van der Waals surface area contributed by atoms with Crippen molar-refractivity contribution in [3.8, 4) is 0 Å². The van der Waals surface area contributed by atoms with Crippen molar-refractivity contribution in [1.29, 1.82) is 0 Å². The van der Waals surface area contributed by atoms with Crippen molar-refractivity contribution in [2.45, 2.75) is 43.3 Å². The van der Waals surface area contributed by atoms with Crippen molar-refractivity contribution in [3.05, 3.63) is 23.9 Å². The number of rotatable bonds is 5. The summed E-state index contributed by atoms with van der Waals surface area (Å²) in [5, 5.41) is -0.0800. The van der Waals surface area contributed by atoms with Crippen LogP contribution in [0.3, 0.4) is 0 Å². The van der Waals surface area contributed by atoms with Crippen LogP contribution in [0.25, 0.3) is 0 Å². The molecular weight excluding hydrogens is 434 g/mol. The third-order valence-corrected chi connectivity index (χ3v) is 8.24. The molecule has 0 radical (unpaired) electrons. The van der Waals surface area contributed by atoms with Gasteiger partial charge in [-0.05, 0) is 37.0 Å². The van der Waals surface area contributed by atoms with Crippen LogP contribution in [0, 0.1) is 5.92 Å². The Labute approximate surface area is 188 Å². The number of ether oxygens (including phenoxy) is 1. The summed E-state index contributed by atoms with van der Waals surface area (Å²) in [5.74, 6) is -0.568. The number of likely N-dealkylation sites (tertiary alicyclic amines) is 1. The van der Waals surface area contributed by atoms with Gasteiger partial charge in [-0.15, -0.1) is 0 Å². The standard InChI is InChI=1S/C21H31N5O5S/c22-13-16-4-5-23-19(11-16)32(29,30)25-14-17(21(28)24-7-9-31-10-8-24)12-18(15-25)26-6-2-1-3-20(26)27/h4-5,11,17-18H,1-3,6-10,12-15,22H2. The first-order valence-electron chi connectivity index (χ1n) is 11.2. The lowest BCUT2D eigenvalue weighted by atomic mass is 9.92. The van der Waals surface area contributed by atoms with Crippen molar-refractivity contribution in [3.63, 3.8) is 0 Å². The molecule has 2 N–H and O–H groups in total. The van der Waals surface area contributed by atoms with Gasteiger partial charge in [-0.1, -0.05) is 0 Å². The number of sulfonamides is 1. The number of hydrogen-bond acceptors (Lipinski definition) is 7. The van der Waals surface area contributed by atoms with Crippen molar-refractivity contribution in [1.82, 2.24) is 19.1 Å². The van der Waals surface area contributed by atoms with Crippen molar-refractivity contribution in [2.75, 3.05) is 45.9 Å². The van der Waals surface area contributed by atoms with E-state index in [2.05, 4.69) is 4.98 Å². The Balaban J connectivity index is 1.62. The Morgan fingerprint density at radius 2 is 1.97 bits per heavy atom. The van der Waals surface area contributed by atoms with Gasteiger partial charge in [0.25, 0.3) is 10.0 Å². The SMILES string of the molecule is NCc1ccnc(S(=O)(=O)N2CC(C(=O)N3CCOCC3)CC(N3CCCCC3=O)C2)c1. The van der Waals surface area contributed by atoms with Gasteiger partial charge in [0.15, 0.2) is 5.03 Å². The minimum atomic E-state index is -3.95. The molecule has 10 nitrogen and oxygen atoms in total. The molecule has 0 saturated carbocycles. The fourth-order valence-electron chi connectivity index (χ4n) is 4.74. The number of piperidine rings is 2. The summed E-state index contributed by atoms with van der Waals surface area (Å²) >= 11 is 0. The molecule has 0 aliphatic carbocycles. The number of nitrogens with zero attached hydrogens (tertiary/aromatic N) is 4. The highest BCUT2D eigenvalue weighted by Crippen LogP contribution is 2.29. The fourth-order valence-corrected chi connectivity index (χ4v) is 6.24. The van der Waals surface area contributed by atoms with Gasteiger partial charge in [0.1, 0.15) is 0 Å². The topological polar surface area (TPSA) is 126 Å². The second-order valence-corrected chi connectivity index (χ2v) is 10.5. The van der Waals surface area contributed by atoms with Gasteiger partial charge in [-0.25, -0.2) is 13.4 Å². The minimum Gasteiger partial charge on any atom is -0.378 e. The first kappa shape index (κ1) is 23.1. The molecule has 2 amide bonds. The Kier molecular flexibility index (Phi) is 7.08. The van der Waals surface area contributed by atoms with Crippen molar-refractivity contribution < 1.29 is 22.7 Å². The third kappa shape index (κ3) is 4.80. The molecule has 176 valence electrons. The summed E-state index contributed by atoms with van der Waals surface area (Å²) in [6.07, 6.45) is 4.09. The van der Waals surface area contributed by atoms with Gasteiger partial charge in [0.2, 0.25) is 11.8 Å². The molecule has 0 spiro atoms. The summed E-state index contributed by atoms with van der Waals surface area (Å²) in [6, 6.07) is 2.82. The summed E-state index contributed by atoms with van der Waals surface area (Å²) in [4.78, 5) is 33.5. The highest BCUT2D eigenvalue weighted by Gasteiger charge is 2.42. The van der Waals surface area contributed by atoms with Gasteiger partial charge in [-0.3, -0.25) is 9.59 Å². The largest absolute Gasteiger partial charge is 0.378 e. The van der Waals surface area contributed by atoms with Gasteiger partial charge in [0.05, 0.1) is 19.1 Å². The number of amides is 2. The van der Waals surface area contributed by atoms with Crippen LogP contribution in [0.5, 0.6) is 0 Å². The minimum absolute atomic E-state index is 0.0290. The molecule has 1 aromatic rings. The average Bonchev–Trinajstić information content (AvgIpc) is 2.84. The van der Waals surface area contributed by atoms with E-state index < -0.39 is 15.9 Å². The lowest BCUT2D eigenvalue weighted by molar-refractivity contribution is -0.145. The maximum atomic E-state index is 13.5. The number of pyridine rings is 1. The van der Waals surface area contributed by atoms with E-state index in [4.69, 9.17) is 10.5 Å². The van der Waals surface area contributed by atoms with Gasteiger partial charge in [0, 0.05) is 57.9 Å². The van der Waals surface area contributed by atoms with Crippen LogP contribution in [0.4, 0.5) is 0 Å². The van der Waals surface area contributed by atoms with E-state index >= 15 is 0 Å². The van der Waals surface area contributed by atoms with E-state index in [1.54, 1.807) is 15.9 Å². The summed E-state index contributed by atoms with van der Waals surface area (Å²) in [7, 11) is -3.95. The molecule has 3 aliphatic heterocycles. The van der Waals surface area contributed by atoms with E-state index in [1.807, 2.05) is 0 Å². The molecule has 1 aromatic heterocycles. The number of hydrogen-bond donors (Lipinski definition) is 1. The van der Waals surface area contributed by atoms with E-state index in [9.17, 15) is 18.0 Å². The highest BCUT2D eigenvalue weighted by molar-refractivity contribution is 7.89. The van der Waals surface area contributed by atoms with Gasteiger partial charge in [-0.2, -0.15) is 4.31 Å². The van der Waals surface area contributed by atoms with Crippen LogP contribution in [-0.2, 0) is 30.9 Å². The Morgan fingerprint density at radius 3 is 2.69 bits per heavy atom. The normalized spacial score (nSPS) is 25.7. The average molecular weight is 466 g/mol. The number of carbonyl (C=O) groups is 2. The molecule has 0 bridgehead atoms. The molecule has 0 aromatic carbocycles. The molecule has 11 heteroatoms. The van der Waals surface area contributed by atoms with E-state index in [-0.39, 0.29) is 42.5 Å². The van der Waals surface area contributed by atoms with Crippen LogP contribution in [0.1, 0.15) is 31.2 Å². The molecule has 32 heavy (non-hydrogen) atoms. The molecule has 3 fully saturated rings. The molecule has 4 heterocycles. The second-order valence-electron chi connectivity index (χ2n) is 8.60. The van der Waals surface area contributed by atoms with E-state index in [1.165, 1.54) is 16.6 Å². The first-order valence-corrected chi connectivity index (χ1v) is 12.7. The molecule has 2 atom stereocenters. The Bertz CT molecular complexity index is 950. The van der Waals surface area contributed by atoms with Crippen LogP contribution in [0.2, 0.25) is 0 Å². The summed E-state index contributed by atoms with van der Waals surface area (Å²) in [6.45, 7) is 2.98. The highest BCUT2D eigenvalue weighted by atomic mass is 32.2. The number of morpholine rings is 1. The predicted molar refractivity (Wildman–Crippen MR) is 116 cm³/mol. The predicted octanol–water partition coefficient (Wildman–Crippen LogP) is -0.209. The Hall–Kier alpha value is -2.08. The molecule has 3 aliphatic rings. The molecule has 3 saturated heterocycles. The smallest absolute Gasteiger partial charge is 0.260 e.